The molecule has 0 saturated heterocycles. The molecule has 3 N–H and O–H groups in total. The Balaban J connectivity index is 3.20. The van der Waals surface area contributed by atoms with Crippen molar-refractivity contribution in [3.05, 3.63) is 34.6 Å². The highest BCUT2D eigenvalue weighted by atomic mass is 19.1. The van der Waals surface area contributed by atoms with E-state index in [2.05, 4.69) is 0 Å². The van der Waals surface area contributed by atoms with Gasteiger partial charge in [0.1, 0.15) is 5.82 Å². The number of halogens is 1. The Hall–Kier alpha value is -0.930. The van der Waals surface area contributed by atoms with Crippen LogP contribution in [0.15, 0.2) is 12.1 Å². The van der Waals surface area contributed by atoms with Gasteiger partial charge in [0.2, 0.25) is 0 Å². The number of nitrogens with two attached hydrogens (primary N) is 1. The Morgan fingerprint density at radius 1 is 1.29 bits per heavy atom. The zero-order valence-electron chi connectivity index (χ0n) is 8.71. The molecule has 0 fully saturated rings. The minimum Gasteiger partial charge on any atom is -0.387 e. The molecule has 0 aliphatic rings. The summed E-state index contributed by atoms with van der Waals surface area (Å²) in [6.07, 6.45) is -0.726. The molecule has 1 aromatic rings. The molecule has 0 unspecified atom stereocenters. The first-order valence-corrected chi connectivity index (χ1v) is 4.63. The van der Waals surface area contributed by atoms with Crippen LogP contribution in [0.4, 0.5) is 4.39 Å². The first kappa shape index (κ1) is 11.1. The summed E-state index contributed by atoms with van der Waals surface area (Å²) in [6, 6.07) is 2.47. The van der Waals surface area contributed by atoms with Gasteiger partial charge in [-0.2, -0.15) is 0 Å². The van der Waals surface area contributed by atoms with Gasteiger partial charge in [-0.25, -0.2) is 4.39 Å². The zero-order chi connectivity index (χ0) is 10.9. The van der Waals surface area contributed by atoms with E-state index in [1.54, 1.807) is 20.8 Å². The Kier molecular flexibility index (Phi) is 3.24. The smallest absolute Gasteiger partial charge is 0.123 e. The number of aliphatic hydroxyl groups is 1. The number of rotatable bonds is 2. The van der Waals surface area contributed by atoms with Crippen molar-refractivity contribution >= 4 is 0 Å². The van der Waals surface area contributed by atoms with Crippen LogP contribution in [0.25, 0.3) is 0 Å². The lowest BCUT2D eigenvalue weighted by Gasteiger charge is -2.19. The van der Waals surface area contributed by atoms with Crippen molar-refractivity contribution in [2.75, 3.05) is 0 Å². The highest BCUT2D eigenvalue weighted by molar-refractivity contribution is 5.36. The normalized spacial score (nSPS) is 15.3. The summed E-state index contributed by atoms with van der Waals surface area (Å²) in [5.41, 5.74) is 7.82. The second-order valence-corrected chi connectivity index (χ2v) is 3.76. The Morgan fingerprint density at radius 2 is 1.71 bits per heavy atom. The lowest BCUT2D eigenvalue weighted by Crippen LogP contribution is -2.25. The molecule has 0 heterocycles. The number of hydrogen-bond acceptors (Lipinski definition) is 2. The summed E-state index contributed by atoms with van der Waals surface area (Å²) in [7, 11) is 0. The minimum absolute atomic E-state index is 0.277. The summed E-state index contributed by atoms with van der Waals surface area (Å²) >= 11 is 0. The SMILES string of the molecule is Cc1cc(F)cc(C)c1[C@H](O)[C@@H](C)N. The molecule has 0 radical (unpaired) electrons. The zero-order valence-corrected chi connectivity index (χ0v) is 8.71. The second-order valence-electron chi connectivity index (χ2n) is 3.76. The predicted molar refractivity (Wildman–Crippen MR) is 54.5 cm³/mol. The van der Waals surface area contributed by atoms with Crippen molar-refractivity contribution in [1.29, 1.82) is 0 Å². The van der Waals surface area contributed by atoms with Gasteiger partial charge in [0.15, 0.2) is 0 Å². The van der Waals surface area contributed by atoms with Crippen LogP contribution in [0.1, 0.15) is 29.7 Å². The van der Waals surface area contributed by atoms with Crippen molar-refractivity contribution < 1.29 is 9.50 Å². The van der Waals surface area contributed by atoms with E-state index in [9.17, 15) is 9.50 Å². The quantitative estimate of drug-likeness (QED) is 0.759. The first-order valence-electron chi connectivity index (χ1n) is 4.63. The van der Waals surface area contributed by atoms with Crippen LogP contribution in [-0.4, -0.2) is 11.1 Å². The molecule has 0 bridgehead atoms. The standard InChI is InChI=1S/C11H16FNO/c1-6-4-9(12)5-7(2)10(6)11(14)8(3)13/h4-5,8,11,14H,13H2,1-3H3/t8-,11-/m1/s1. The van der Waals surface area contributed by atoms with Crippen LogP contribution >= 0.6 is 0 Å². The van der Waals surface area contributed by atoms with E-state index in [-0.39, 0.29) is 11.9 Å². The molecule has 0 aliphatic carbocycles. The Labute approximate surface area is 83.6 Å². The van der Waals surface area contributed by atoms with Gasteiger partial charge in [-0.05, 0) is 49.6 Å². The molecular weight excluding hydrogens is 181 g/mol. The summed E-state index contributed by atoms with van der Waals surface area (Å²) in [5.74, 6) is -0.277. The van der Waals surface area contributed by atoms with Gasteiger partial charge < -0.3 is 10.8 Å². The monoisotopic (exact) mass is 197 g/mol. The molecule has 0 spiro atoms. The molecule has 0 aromatic heterocycles. The molecule has 0 aliphatic heterocycles. The average Bonchev–Trinajstić information content (AvgIpc) is 2.01. The molecule has 0 saturated carbocycles. The van der Waals surface area contributed by atoms with E-state index in [1.807, 2.05) is 0 Å². The van der Waals surface area contributed by atoms with E-state index in [1.165, 1.54) is 12.1 Å². The number of aryl methyl sites for hydroxylation is 2. The fraction of sp³-hybridized carbons (Fsp3) is 0.455. The molecule has 78 valence electrons. The molecule has 2 atom stereocenters. The Morgan fingerprint density at radius 3 is 2.07 bits per heavy atom. The van der Waals surface area contributed by atoms with Gasteiger partial charge in [-0.1, -0.05) is 0 Å². The highest BCUT2D eigenvalue weighted by Gasteiger charge is 2.17. The van der Waals surface area contributed by atoms with Crippen molar-refractivity contribution in [2.45, 2.75) is 32.9 Å². The predicted octanol–water partition coefficient (Wildman–Crippen LogP) is 1.82. The van der Waals surface area contributed by atoms with Crippen molar-refractivity contribution in [2.24, 2.45) is 5.73 Å². The summed E-state index contributed by atoms with van der Waals surface area (Å²) in [5, 5.41) is 9.80. The molecule has 1 aromatic carbocycles. The van der Waals surface area contributed by atoms with Crippen LogP contribution < -0.4 is 5.73 Å². The van der Waals surface area contributed by atoms with Crippen LogP contribution in [0.5, 0.6) is 0 Å². The van der Waals surface area contributed by atoms with Crippen LogP contribution in [0.2, 0.25) is 0 Å². The summed E-state index contributed by atoms with van der Waals surface area (Å²) in [4.78, 5) is 0. The molecule has 14 heavy (non-hydrogen) atoms. The molecule has 2 nitrogen and oxygen atoms in total. The maximum Gasteiger partial charge on any atom is 0.123 e. The van der Waals surface area contributed by atoms with Crippen molar-refractivity contribution in [3.8, 4) is 0 Å². The van der Waals surface area contributed by atoms with Gasteiger partial charge in [0.25, 0.3) is 0 Å². The van der Waals surface area contributed by atoms with Gasteiger partial charge >= 0.3 is 0 Å². The van der Waals surface area contributed by atoms with Crippen LogP contribution in [0.3, 0.4) is 0 Å². The lowest BCUT2D eigenvalue weighted by molar-refractivity contribution is 0.152. The molecule has 3 heteroatoms. The molecular formula is C11H16FNO. The topological polar surface area (TPSA) is 46.2 Å². The number of hydrogen-bond donors (Lipinski definition) is 2. The largest absolute Gasteiger partial charge is 0.387 e. The fourth-order valence-electron chi connectivity index (χ4n) is 1.65. The first-order chi connectivity index (χ1) is 6.43. The van der Waals surface area contributed by atoms with E-state index in [0.29, 0.717) is 0 Å². The Bertz CT molecular complexity index is 313. The van der Waals surface area contributed by atoms with E-state index >= 15 is 0 Å². The number of benzene rings is 1. The van der Waals surface area contributed by atoms with Crippen LogP contribution in [-0.2, 0) is 0 Å². The van der Waals surface area contributed by atoms with E-state index in [0.717, 1.165) is 16.7 Å². The lowest BCUT2D eigenvalue weighted by atomic mass is 9.94. The minimum atomic E-state index is -0.726. The van der Waals surface area contributed by atoms with Gasteiger partial charge in [0, 0.05) is 6.04 Å². The van der Waals surface area contributed by atoms with E-state index < -0.39 is 6.10 Å². The highest BCUT2D eigenvalue weighted by Crippen LogP contribution is 2.24. The second kappa shape index (κ2) is 4.07. The fourth-order valence-corrected chi connectivity index (χ4v) is 1.65. The number of aliphatic hydroxyl groups excluding tert-OH is 1. The van der Waals surface area contributed by atoms with Gasteiger partial charge in [-0.3, -0.25) is 0 Å². The third-order valence-corrected chi connectivity index (χ3v) is 2.35. The van der Waals surface area contributed by atoms with E-state index in [4.69, 9.17) is 5.73 Å². The average molecular weight is 197 g/mol. The van der Waals surface area contributed by atoms with Crippen molar-refractivity contribution in [3.63, 3.8) is 0 Å². The maximum atomic E-state index is 13.0. The third-order valence-electron chi connectivity index (χ3n) is 2.35. The van der Waals surface area contributed by atoms with Gasteiger partial charge in [0.05, 0.1) is 6.10 Å². The summed E-state index contributed by atoms with van der Waals surface area (Å²) < 4.78 is 13.0. The van der Waals surface area contributed by atoms with Crippen LogP contribution in [0, 0.1) is 19.7 Å². The molecule has 1 rings (SSSR count). The summed E-state index contributed by atoms with van der Waals surface area (Å²) in [6.45, 7) is 5.28. The maximum absolute atomic E-state index is 13.0. The van der Waals surface area contributed by atoms with Crippen molar-refractivity contribution in [1.82, 2.24) is 0 Å². The molecule has 0 amide bonds. The van der Waals surface area contributed by atoms with Gasteiger partial charge in [-0.15, -0.1) is 0 Å². The third kappa shape index (κ3) is 2.11.